The largest absolute Gasteiger partial charge is 0.493 e. The molecule has 1 aromatic carbocycles. The number of furan rings is 1. The summed E-state index contributed by atoms with van der Waals surface area (Å²) in [6.45, 7) is 4.73. The first-order valence-corrected chi connectivity index (χ1v) is 10.7. The number of hydrogen-bond donors (Lipinski definition) is 2. The van der Waals surface area contributed by atoms with E-state index in [1.54, 1.807) is 25.5 Å². The summed E-state index contributed by atoms with van der Waals surface area (Å²) in [5.41, 5.74) is 1.94. The van der Waals surface area contributed by atoms with Crippen molar-refractivity contribution in [3.63, 3.8) is 0 Å². The summed E-state index contributed by atoms with van der Waals surface area (Å²) >= 11 is 1.27. The molecule has 0 aliphatic heterocycles. The lowest BCUT2D eigenvalue weighted by Crippen LogP contribution is -2.24. The summed E-state index contributed by atoms with van der Waals surface area (Å²) < 4.78 is 16.1. The second-order valence-electron chi connectivity index (χ2n) is 6.78. The van der Waals surface area contributed by atoms with Gasteiger partial charge in [-0.3, -0.25) is 14.9 Å². The number of hydrogen-bond acceptors (Lipinski definition) is 7. The number of amides is 2. The summed E-state index contributed by atoms with van der Waals surface area (Å²) in [6.07, 6.45) is 2.49. The second-order valence-corrected chi connectivity index (χ2v) is 7.63. The lowest BCUT2D eigenvalue weighted by atomic mass is 10.2. The van der Waals surface area contributed by atoms with Gasteiger partial charge in [0.05, 0.1) is 37.7 Å². The summed E-state index contributed by atoms with van der Waals surface area (Å²) in [7, 11) is 1.59. The molecule has 0 atom stereocenters. The second kappa shape index (κ2) is 10.6. The summed E-state index contributed by atoms with van der Waals surface area (Å²) in [4.78, 5) is 28.8. The zero-order valence-electron chi connectivity index (χ0n) is 17.7. The van der Waals surface area contributed by atoms with Crippen LogP contribution in [0.3, 0.4) is 0 Å². The van der Waals surface area contributed by atoms with E-state index < -0.39 is 0 Å². The minimum Gasteiger partial charge on any atom is -0.493 e. The number of anilines is 1. The van der Waals surface area contributed by atoms with Gasteiger partial charge in [-0.05, 0) is 37.1 Å². The average molecular weight is 444 g/mol. The molecule has 164 valence electrons. The maximum atomic E-state index is 12.3. The maximum Gasteiger partial charge on any atom is 0.260 e. The molecule has 0 saturated heterocycles. The predicted molar refractivity (Wildman–Crippen MR) is 118 cm³/mol. The van der Waals surface area contributed by atoms with E-state index in [4.69, 9.17) is 13.9 Å². The highest BCUT2D eigenvalue weighted by molar-refractivity contribution is 7.14. The third-order valence-electron chi connectivity index (χ3n) is 4.40. The monoisotopic (exact) mass is 443 g/mol. The molecular weight excluding hydrogens is 418 g/mol. The van der Waals surface area contributed by atoms with E-state index in [9.17, 15) is 9.59 Å². The Bertz CT molecular complexity index is 1040. The van der Waals surface area contributed by atoms with Crippen LogP contribution in [-0.4, -0.2) is 30.5 Å². The van der Waals surface area contributed by atoms with Crippen molar-refractivity contribution in [3.05, 3.63) is 58.5 Å². The van der Waals surface area contributed by atoms with E-state index in [0.29, 0.717) is 46.8 Å². The van der Waals surface area contributed by atoms with Crippen molar-refractivity contribution in [2.24, 2.45) is 0 Å². The third-order valence-corrected chi connectivity index (χ3v) is 5.20. The molecule has 0 aliphatic rings. The summed E-state index contributed by atoms with van der Waals surface area (Å²) in [6, 6.07) is 7.18. The van der Waals surface area contributed by atoms with E-state index in [0.717, 1.165) is 12.0 Å². The molecule has 0 radical (unpaired) electrons. The van der Waals surface area contributed by atoms with E-state index >= 15 is 0 Å². The van der Waals surface area contributed by atoms with Crippen LogP contribution in [0.2, 0.25) is 0 Å². The van der Waals surface area contributed by atoms with E-state index in [-0.39, 0.29) is 18.2 Å². The van der Waals surface area contributed by atoms with Crippen LogP contribution in [0.5, 0.6) is 11.5 Å². The van der Waals surface area contributed by atoms with Crippen molar-refractivity contribution in [2.45, 2.75) is 33.2 Å². The Kier molecular flexibility index (Phi) is 7.66. The SMILES string of the molecule is CCCOc1ccc(CNC(=O)Cc2csc(NC(=O)c3ccoc3C)n2)cc1OC. The number of thiazole rings is 1. The normalized spacial score (nSPS) is 10.5. The van der Waals surface area contributed by atoms with Gasteiger partial charge in [-0.15, -0.1) is 11.3 Å². The van der Waals surface area contributed by atoms with Crippen LogP contribution < -0.4 is 20.1 Å². The fourth-order valence-corrected chi connectivity index (χ4v) is 3.52. The van der Waals surface area contributed by atoms with Gasteiger partial charge >= 0.3 is 0 Å². The minimum atomic E-state index is -0.295. The lowest BCUT2D eigenvalue weighted by molar-refractivity contribution is -0.120. The van der Waals surface area contributed by atoms with Crippen LogP contribution in [0, 0.1) is 6.92 Å². The number of benzene rings is 1. The minimum absolute atomic E-state index is 0.117. The zero-order valence-corrected chi connectivity index (χ0v) is 18.5. The van der Waals surface area contributed by atoms with Gasteiger partial charge in [0.2, 0.25) is 5.91 Å². The fourth-order valence-electron chi connectivity index (χ4n) is 2.81. The molecule has 0 unspecified atom stereocenters. The smallest absolute Gasteiger partial charge is 0.260 e. The number of carbonyl (C=O) groups excluding carboxylic acids is 2. The van der Waals surface area contributed by atoms with Crippen LogP contribution in [0.1, 0.15) is 40.7 Å². The molecule has 2 amide bonds. The molecule has 9 heteroatoms. The molecule has 2 N–H and O–H groups in total. The van der Waals surface area contributed by atoms with Gasteiger partial charge in [0.25, 0.3) is 5.91 Å². The Hall–Kier alpha value is -3.33. The first-order valence-electron chi connectivity index (χ1n) is 9.86. The van der Waals surface area contributed by atoms with Gasteiger partial charge < -0.3 is 19.2 Å². The zero-order chi connectivity index (χ0) is 22.2. The van der Waals surface area contributed by atoms with Crippen LogP contribution in [0.15, 0.2) is 40.3 Å². The molecule has 31 heavy (non-hydrogen) atoms. The maximum absolute atomic E-state index is 12.3. The van der Waals surface area contributed by atoms with Crippen LogP contribution in [0.25, 0.3) is 0 Å². The molecule has 0 aliphatic carbocycles. The van der Waals surface area contributed by atoms with Gasteiger partial charge in [0.1, 0.15) is 5.76 Å². The van der Waals surface area contributed by atoms with E-state index in [2.05, 4.69) is 15.6 Å². The quantitative estimate of drug-likeness (QED) is 0.492. The first kappa shape index (κ1) is 22.4. The van der Waals surface area contributed by atoms with Crippen LogP contribution >= 0.6 is 11.3 Å². The van der Waals surface area contributed by atoms with Crippen molar-refractivity contribution in [2.75, 3.05) is 19.0 Å². The van der Waals surface area contributed by atoms with Crippen molar-refractivity contribution < 1.29 is 23.5 Å². The highest BCUT2D eigenvalue weighted by Crippen LogP contribution is 2.28. The Morgan fingerprint density at radius 1 is 1.23 bits per heavy atom. The topological polar surface area (TPSA) is 103 Å². The van der Waals surface area contributed by atoms with Gasteiger partial charge in [-0.2, -0.15) is 0 Å². The average Bonchev–Trinajstić information content (AvgIpc) is 3.39. The Morgan fingerprint density at radius 2 is 2.06 bits per heavy atom. The van der Waals surface area contributed by atoms with E-state index in [1.807, 2.05) is 25.1 Å². The fraction of sp³-hybridized carbons (Fsp3) is 0.318. The number of nitrogens with zero attached hydrogens (tertiary/aromatic N) is 1. The Balaban J connectivity index is 1.51. The first-order chi connectivity index (χ1) is 15.0. The van der Waals surface area contributed by atoms with Crippen molar-refractivity contribution in [1.29, 1.82) is 0 Å². The number of carbonyl (C=O) groups is 2. The molecule has 0 fully saturated rings. The molecule has 0 saturated carbocycles. The van der Waals surface area contributed by atoms with Crippen molar-refractivity contribution >= 4 is 28.3 Å². The van der Waals surface area contributed by atoms with Gasteiger partial charge in [-0.25, -0.2) is 4.98 Å². The number of nitrogens with one attached hydrogen (secondary N) is 2. The highest BCUT2D eigenvalue weighted by Gasteiger charge is 2.14. The molecule has 2 aromatic heterocycles. The molecule has 0 spiro atoms. The number of aryl methyl sites for hydroxylation is 1. The highest BCUT2D eigenvalue weighted by atomic mass is 32.1. The number of ether oxygens (including phenoxy) is 2. The van der Waals surface area contributed by atoms with Crippen LogP contribution in [0.4, 0.5) is 5.13 Å². The standard InChI is InChI=1S/C22H25N3O5S/c1-4-8-30-18-6-5-15(10-19(18)28-3)12-23-20(26)11-16-13-31-22(24-16)25-21(27)17-7-9-29-14(17)2/h5-7,9-10,13H,4,8,11-12H2,1-3H3,(H,23,26)(H,24,25,27). The summed E-state index contributed by atoms with van der Waals surface area (Å²) in [5.74, 6) is 1.39. The number of methoxy groups -OCH3 is 1. The third kappa shape index (κ3) is 6.08. The molecule has 0 bridgehead atoms. The Morgan fingerprint density at radius 3 is 2.77 bits per heavy atom. The van der Waals surface area contributed by atoms with Gasteiger partial charge in [0.15, 0.2) is 16.6 Å². The van der Waals surface area contributed by atoms with Crippen molar-refractivity contribution in [1.82, 2.24) is 10.3 Å². The van der Waals surface area contributed by atoms with Crippen LogP contribution in [-0.2, 0) is 17.8 Å². The number of aromatic nitrogens is 1. The van der Waals surface area contributed by atoms with E-state index in [1.165, 1.54) is 17.6 Å². The molecule has 3 aromatic rings. The van der Waals surface area contributed by atoms with Crippen molar-refractivity contribution in [3.8, 4) is 11.5 Å². The summed E-state index contributed by atoms with van der Waals surface area (Å²) in [5, 5.41) is 7.77. The molecule has 3 rings (SSSR count). The molecule has 2 heterocycles. The number of rotatable bonds is 10. The molecular formula is C22H25N3O5S. The predicted octanol–water partition coefficient (Wildman–Crippen LogP) is 3.95. The van der Waals surface area contributed by atoms with Gasteiger partial charge in [-0.1, -0.05) is 13.0 Å². The molecule has 8 nitrogen and oxygen atoms in total. The lowest BCUT2D eigenvalue weighted by Gasteiger charge is -2.12. The Labute approximate surface area is 184 Å². The van der Waals surface area contributed by atoms with Gasteiger partial charge in [0, 0.05) is 11.9 Å².